The predicted octanol–water partition coefficient (Wildman–Crippen LogP) is 8.37. The molecule has 0 aliphatic rings. The Hall–Kier alpha value is -1.46. The van der Waals surface area contributed by atoms with Crippen molar-refractivity contribution >= 4 is 0 Å². The minimum Gasteiger partial charge on any atom is -0.213 e. The van der Waals surface area contributed by atoms with Crippen LogP contribution in [0.25, 0.3) is 0 Å². The minimum atomic E-state index is 0. The smallest absolute Gasteiger partial charge is 0.213 e. The van der Waals surface area contributed by atoms with E-state index in [1.165, 1.54) is 11.1 Å². The van der Waals surface area contributed by atoms with Gasteiger partial charge in [-0.2, -0.15) is 108 Å². The summed E-state index contributed by atoms with van der Waals surface area (Å²) in [6, 6.07) is 42.0. The molecule has 0 atom stereocenters. The molecule has 2 heteroatoms. The topological polar surface area (TPSA) is 0 Å². The molecule has 0 fully saturated rings. The Kier molecular flexibility index (Phi) is 18.4. The maximum atomic E-state index is 2.89. The van der Waals surface area contributed by atoms with Crippen LogP contribution in [0.2, 0.25) is 0 Å². The third-order valence-corrected chi connectivity index (χ3v) is 4.27. The van der Waals surface area contributed by atoms with Crippen LogP contribution in [-0.4, -0.2) is 0 Å². The average Bonchev–Trinajstić information content (AvgIpc) is 3.46. The molecule has 0 bridgehead atoms. The Morgan fingerprint density at radius 2 is 0.688 bits per heavy atom. The molecule has 0 saturated carbocycles. The molecule has 0 amide bonds. The Morgan fingerprint density at radius 3 is 0.781 bits per heavy atom. The summed E-state index contributed by atoms with van der Waals surface area (Å²) in [7, 11) is 0. The fourth-order valence-electron chi connectivity index (χ4n) is 2.43. The van der Waals surface area contributed by atoms with Crippen molar-refractivity contribution in [1.29, 1.82) is 0 Å². The van der Waals surface area contributed by atoms with Crippen LogP contribution in [0.15, 0.2) is 109 Å². The van der Waals surface area contributed by atoms with Crippen molar-refractivity contribution in [2.75, 3.05) is 0 Å². The molecule has 0 saturated heterocycles. The van der Waals surface area contributed by atoms with Gasteiger partial charge in [-0.05, 0) is 0 Å². The van der Waals surface area contributed by atoms with E-state index in [1.54, 1.807) is 0 Å². The van der Waals surface area contributed by atoms with E-state index in [0.29, 0.717) is 10.8 Å². The third-order valence-electron chi connectivity index (χ3n) is 4.27. The molecule has 0 nitrogen and oxygen atoms in total. The predicted molar refractivity (Wildman–Crippen MR) is 132 cm³/mol. The van der Waals surface area contributed by atoms with Crippen LogP contribution in [-0.2, 0) is 54.1 Å². The fraction of sp³-hybridized carbons (Fsp3) is 0.267. The van der Waals surface area contributed by atoms with Gasteiger partial charge in [-0.1, -0.05) is 52.4 Å². The summed E-state index contributed by atoms with van der Waals surface area (Å²) in [6.45, 7) is 13.3. The largest absolute Gasteiger partial charge is 2.00 e. The second-order valence-corrected chi connectivity index (χ2v) is 9.00. The van der Waals surface area contributed by atoms with E-state index >= 15 is 0 Å². The van der Waals surface area contributed by atoms with Crippen molar-refractivity contribution in [3.63, 3.8) is 0 Å². The van der Waals surface area contributed by atoms with Crippen molar-refractivity contribution in [3.8, 4) is 0 Å². The average molecular weight is 543 g/mol. The van der Waals surface area contributed by atoms with E-state index in [2.05, 4.69) is 102 Å². The van der Waals surface area contributed by atoms with E-state index in [1.807, 2.05) is 60.7 Å². The summed E-state index contributed by atoms with van der Waals surface area (Å²) in [5, 5.41) is 0. The van der Waals surface area contributed by atoms with E-state index < -0.39 is 0 Å². The molecule has 32 heavy (non-hydrogen) atoms. The van der Waals surface area contributed by atoms with Gasteiger partial charge in [0.2, 0.25) is 0 Å². The van der Waals surface area contributed by atoms with Gasteiger partial charge in [-0.3, -0.25) is 0 Å². The summed E-state index contributed by atoms with van der Waals surface area (Å²) < 4.78 is 0. The summed E-state index contributed by atoms with van der Waals surface area (Å²) in [5.74, 6) is 0. The van der Waals surface area contributed by atoms with Crippen molar-refractivity contribution < 1.29 is 43.3 Å². The molecule has 0 aromatic heterocycles. The molecular formula is C30H36MnZr. The third kappa shape index (κ3) is 16.2. The number of hydrogen-bond donors (Lipinski definition) is 0. The zero-order chi connectivity index (χ0) is 22.3. The van der Waals surface area contributed by atoms with Gasteiger partial charge in [0.15, 0.2) is 0 Å². The fourth-order valence-corrected chi connectivity index (χ4v) is 2.43. The van der Waals surface area contributed by atoms with Gasteiger partial charge in [0.05, 0.1) is 0 Å². The van der Waals surface area contributed by atoms with Gasteiger partial charge in [-0.15, -0.1) is 0 Å². The molecule has 1 radical (unpaired) electrons. The molecule has 0 heterocycles. The monoisotopic (exact) mass is 541 g/mol. The van der Waals surface area contributed by atoms with E-state index in [4.69, 9.17) is 0 Å². The molecule has 0 spiro atoms. The second kappa shape index (κ2) is 18.0. The van der Waals surface area contributed by atoms with E-state index in [-0.39, 0.29) is 43.3 Å². The number of hydrogen-bond acceptors (Lipinski definition) is 0. The molecular weight excluding hydrogens is 506 g/mol. The quantitative estimate of drug-likeness (QED) is 0.155. The summed E-state index contributed by atoms with van der Waals surface area (Å²) in [6.07, 6.45) is 0. The number of rotatable bonds is 0. The van der Waals surface area contributed by atoms with Crippen molar-refractivity contribution in [3.05, 3.63) is 132 Å². The van der Waals surface area contributed by atoms with Gasteiger partial charge < -0.3 is 0 Å². The molecule has 0 unspecified atom stereocenters. The van der Waals surface area contributed by atoms with E-state index in [0.717, 1.165) is 0 Å². The molecule has 0 N–H and O–H groups in total. The molecule has 167 valence electrons. The zero-order valence-corrected chi connectivity index (χ0v) is 23.9. The standard InChI is InChI=1S/2C9H13.2C6H5.Mn.Zr/c2*1-9(2,3)8-6-4-5-7-8;2*1-2-4-6-5-3-1;;/h2*4-7H,1-3H3;2*1-5H;;/q4*-1;2*+2. The second-order valence-electron chi connectivity index (χ2n) is 9.00. The normalized spacial score (nSPS) is 9.69. The first-order valence-corrected chi connectivity index (χ1v) is 10.5. The molecule has 4 aromatic carbocycles. The van der Waals surface area contributed by atoms with Crippen LogP contribution < -0.4 is 0 Å². The Balaban J connectivity index is 0. The van der Waals surface area contributed by atoms with E-state index in [9.17, 15) is 0 Å². The van der Waals surface area contributed by atoms with Crippen molar-refractivity contribution in [2.24, 2.45) is 0 Å². The summed E-state index contributed by atoms with van der Waals surface area (Å²) in [4.78, 5) is 0. The first-order valence-electron chi connectivity index (χ1n) is 10.5. The SMILES string of the molecule is CC(C)(C)[c-]1cccc1.CC(C)(C)[c-]1cccc1.[Mn+2].[Zr+2].[c-]1ccccc1.[c-]1ccccc1. The maximum absolute atomic E-state index is 2.89. The Morgan fingerprint density at radius 1 is 0.438 bits per heavy atom. The maximum Gasteiger partial charge on any atom is 2.00 e. The van der Waals surface area contributed by atoms with Crippen LogP contribution in [0.4, 0.5) is 0 Å². The van der Waals surface area contributed by atoms with Crippen LogP contribution in [0.1, 0.15) is 52.7 Å². The summed E-state index contributed by atoms with van der Waals surface area (Å²) in [5.41, 5.74) is 3.48. The van der Waals surface area contributed by atoms with Crippen LogP contribution in [0.5, 0.6) is 0 Å². The Labute approximate surface area is 226 Å². The first kappa shape index (κ1) is 32.7. The van der Waals surface area contributed by atoms with Gasteiger partial charge in [0, 0.05) is 0 Å². The minimum absolute atomic E-state index is 0. The van der Waals surface area contributed by atoms with Gasteiger partial charge >= 0.3 is 43.3 Å². The zero-order valence-electron chi connectivity index (χ0n) is 20.3. The Bertz CT molecular complexity index is 706. The van der Waals surface area contributed by atoms with Crippen molar-refractivity contribution in [2.45, 2.75) is 52.4 Å². The van der Waals surface area contributed by atoms with Crippen LogP contribution >= 0.6 is 0 Å². The van der Waals surface area contributed by atoms with Gasteiger partial charge in [-0.25, -0.2) is 24.3 Å². The first-order chi connectivity index (χ1) is 14.2. The van der Waals surface area contributed by atoms with Crippen molar-refractivity contribution in [1.82, 2.24) is 0 Å². The van der Waals surface area contributed by atoms with Gasteiger partial charge in [0.25, 0.3) is 0 Å². The van der Waals surface area contributed by atoms with Crippen LogP contribution in [0, 0.1) is 12.1 Å². The van der Waals surface area contributed by atoms with Crippen LogP contribution in [0.3, 0.4) is 0 Å². The molecule has 0 aliphatic heterocycles. The molecule has 4 aromatic rings. The summed E-state index contributed by atoms with van der Waals surface area (Å²) >= 11 is 0. The van der Waals surface area contributed by atoms with Gasteiger partial charge in [0.1, 0.15) is 0 Å². The molecule has 0 aliphatic carbocycles. The molecule has 4 rings (SSSR count). The number of benzene rings is 2.